The molecule has 0 radical (unpaired) electrons. The van der Waals surface area contributed by atoms with Crippen molar-refractivity contribution >= 4 is 28.2 Å². The Morgan fingerprint density at radius 3 is 2.45 bits per heavy atom. The van der Waals surface area contributed by atoms with E-state index in [0.29, 0.717) is 11.3 Å². The number of aromatic nitrogens is 1. The first-order chi connectivity index (χ1) is 14.0. The summed E-state index contributed by atoms with van der Waals surface area (Å²) in [7, 11) is 1.35. The number of para-hydroxylation sites is 1. The number of fused-ring (bicyclic) bond motifs is 1. The Morgan fingerprint density at radius 2 is 1.72 bits per heavy atom. The first-order valence-electron chi connectivity index (χ1n) is 9.17. The highest BCUT2D eigenvalue weighted by Gasteiger charge is 2.13. The van der Waals surface area contributed by atoms with Gasteiger partial charge in [-0.3, -0.25) is 0 Å². The lowest BCUT2D eigenvalue weighted by atomic mass is 10.0. The molecule has 4 rings (SSSR count). The fourth-order valence-electron chi connectivity index (χ4n) is 3.20. The van der Waals surface area contributed by atoms with Crippen LogP contribution >= 0.6 is 0 Å². The molecule has 144 valence electrons. The lowest BCUT2D eigenvalue weighted by molar-refractivity contribution is 0.0601. The summed E-state index contributed by atoms with van der Waals surface area (Å²) in [6.07, 6.45) is 0. The second kappa shape index (κ2) is 7.72. The van der Waals surface area contributed by atoms with Crippen LogP contribution in [0.3, 0.4) is 0 Å². The molecule has 0 bridgehead atoms. The van der Waals surface area contributed by atoms with Gasteiger partial charge < -0.3 is 10.1 Å². The van der Waals surface area contributed by atoms with E-state index in [2.05, 4.69) is 5.32 Å². The molecule has 1 heterocycles. The third kappa shape index (κ3) is 3.80. The van der Waals surface area contributed by atoms with Gasteiger partial charge in [-0.05, 0) is 67.1 Å². The van der Waals surface area contributed by atoms with E-state index < -0.39 is 5.97 Å². The van der Waals surface area contributed by atoms with Gasteiger partial charge in [0.15, 0.2) is 0 Å². The maximum Gasteiger partial charge on any atom is 0.337 e. The normalized spacial score (nSPS) is 10.7. The van der Waals surface area contributed by atoms with Gasteiger partial charge in [-0.15, -0.1) is 0 Å². The number of methoxy groups -OCH3 is 1. The largest absolute Gasteiger partial charge is 0.465 e. The summed E-state index contributed by atoms with van der Waals surface area (Å²) >= 11 is 0. The van der Waals surface area contributed by atoms with Crippen molar-refractivity contribution in [1.29, 1.82) is 0 Å². The summed E-state index contributed by atoms with van der Waals surface area (Å²) < 4.78 is 18.3. The number of benzene rings is 3. The first-order valence-corrected chi connectivity index (χ1v) is 9.17. The molecule has 1 N–H and O–H groups in total. The van der Waals surface area contributed by atoms with Gasteiger partial charge in [-0.2, -0.15) is 0 Å². The molecule has 0 saturated carbocycles. The molecule has 5 heteroatoms. The van der Waals surface area contributed by atoms with Crippen LogP contribution in [0.25, 0.3) is 22.2 Å². The number of carbonyl (C=O) groups is 1. The lowest BCUT2D eigenvalue weighted by Gasteiger charge is -2.15. The Hall–Kier alpha value is -3.73. The van der Waals surface area contributed by atoms with Gasteiger partial charge >= 0.3 is 5.97 Å². The van der Waals surface area contributed by atoms with E-state index >= 15 is 0 Å². The van der Waals surface area contributed by atoms with E-state index in [9.17, 15) is 9.18 Å². The van der Waals surface area contributed by atoms with Crippen molar-refractivity contribution < 1.29 is 13.9 Å². The molecule has 0 amide bonds. The number of nitrogens with zero attached hydrogens (tertiary/aromatic N) is 1. The van der Waals surface area contributed by atoms with E-state index in [1.54, 1.807) is 30.3 Å². The second-order valence-corrected chi connectivity index (χ2v) is 6.73. The summed E-state index contributed by atoms with van der Waals surface area (Å²) in [5, 5.41) is 4.24. The van der Waals surface area contributed by atoms with E-state index in [1.165, 1.54) is 19.2 Å². The fourth-order valence-corrected chi connectivity index (χ4v) is 3.20. The number of rotatable bonds is 4. The van der Waals surface area contributed by atoms with Crippen LogP contribution in [0.1, 0.15) is 15.9 Å². The predicted octanol–water partition coefficient (Wildman–Crippen LogP) is 5.88. The van der Waals surface area contributed by atoms with Gasteiger partial charge in [0, 0.05) is 16.6 Å². The van der Waals surface area contributed by atoms with Crippen LogP contribution in [0.15, 0.2) is 72.8 Å². The zero-order valence-electron chi connectivity index (χ0n) is 16.1. The van der Waals surface area contributed by atoms with Crippen molar-refractivity contribution in [3.63, 3.8) is 0 Å². The van der Waals surface area contributed by atoms with Crippen molar-refractivity contribution in [3.8, 4) is 11.3 Å². The van der Waals surface area contributed by atoms with Gasteiger partial charge in [-0.25, -0.2) is 14.2 Å². The smallest absolute Gasteiger partial charge is 0.337 e. The van der Waals surface area contributed by atoms with E-state index in [1.807, 2.05) is 37.3 Å². The Morgan fingerprint density at radius 1 is 0.966 bits per heavy atom. The summed E-state index contributed by atoms with van der Waals surface area (Å²) in [4.78, 5) is 16.7. The summed E-state index contributed by atoms with van der Waals surface area (Å²) in [5.41, 5.74) is 5.47. The number of carbonyl (C=O) groups excluding carboxylic acids is 1. The van der Waals surface area contributed by atoms with Gasteiger partial charge in [0.05, 0.1) is 29.6 Å². The third-order valence-corrected chi connectivity index (χ3v) is 4.77. The first kappa shape index (κ1) is 18.6. The molecule has 0 saturated heterocycles. The van der Waals surface area contributed by atoms with Crippen molar-refractivity contribution in [3.05, 3.63) is 89.7 Å². The number of nitrogens with one attached hydrogen (secondary N) is 1. The number of esters is 1. The zero-order chi connectivity index (χ0) is 20.4. The fraction of sp³-hybridized carbons (Fsp3) is 0.0833. The maximum absolute atomic E-state index is 13.4. The molecule has 0 fully saturated rings. The molecular formula is C24H19FN2O2. The average Bonchev–Trinajstić information content (AvgIpc) is 2.74. The molecule has 0 atom stereocenters. The number of hydrogen-bond donors (Lipinski definition) is 1. The van der Waals surface area contributed by atoms with Crippen molar-refractivity contribution in [2.24, 2.45) is 0 Å². The minimum Gasteiger partial charge on any atom is -0.465 e. The SMILES string of the molecule is COC(=O)c1ccc2nc(-c3ccc(F)cc3)c(Nc3ccccc3C)cc2c1. The second-order valence-electron chi connectivity index (χ2n) is 6.73. The topological polar surface area (TPSA) is 51.2 Å². The number of ether oxygens (including phenoxy) is 1. The van der Waals surface area contributed by atoms with Gasteiger partial charge in [-0.1, -0.05) is 18.2 Å². The highest BCUT2D eigenvalue weighted by atomic mass is 19.1. The van der Waals surface area contributed by atoms with Crippen LogP contribution in [0.2, 0.25) is 0 Å². The molecule has 4 nitrogen and oxygen atoms in total. The summed E-state index contributed by atoms with van der Waals surface area (Å²) in [6, 6.07) is 21.3. The maximum atomic E-state index is 13.4. The lowest BCUT2D eigenvalue weighted by Crippen LogP contribution is -2.02. The quantitative estimate of drug-likeness (QED) is 0.445. The van der Waals surface area contributed by atoms with Crippen LogP contribution in [0.5, 0.6) is 0 Å². The molecule has 3 aromatic carbocycles. The number of halogens is 1. The van der Waals surface area contributed by atoms with E-state index in [-0.39, 0.29) is 5.82 Å². The molecule has 0 aliphatic heterocycles. The molecule has 29 heavy (non-hydrogen) atoms. The molecule has 0 aliphatic carbocycles. The van der Waals surface area contributed by atoms with Crippen LogP contribution < -0.4 is 5.32 Å². The van der Waals surface area contributed by atoms with Crippen molar-refractivity contribution in [2.45, 2.75) is 6.92 Å². The Labute approximate surface area is 168 Å². The Bertz CT molecular complexity index is 1200. The van der Waals surface area contributed by atoms with Crippen LogP contribution in [0, 0.1) is 12.7 Å². The Kier molecular flexibility index (Phi) is 4.96. The highest BCUT2D eigenvalue weighted by molar-refractivity contribution is 5.97. The highest BCUT2D eigenvalue weighted by Crippen LogP contribution is 2.33. The number of aryl methyl sites for hydroxylation is 1. The minimum atomic E-state index is -0.400. The Balaban J connectivity index is 1.90. The molecule has 0 unspecified atom stereocenters. The van der Waals surface area contributed by atoms with Gasteiger partial charge in [0.2, 0.25) is 0 Å². The molecule has 4 aromatic rings. The van der Waals surface area contributed by atoms with Crippen LogP contribution in [-0.2, 0) is 4.74 Å². The van der Waals surface area contributed by atoms with E-state index in [0.717, 1.165) is 33.4 Å². The van der Waals surface area contributed by atoms with Gasteiger partial charge in [0.1, 0.15) is 5.82 Å². The predicted molar refractivity (Wildman–Crippen MR) is 113 cm³/mol. The molecule has 0 aliphatic rings. The monoisotopic (exact) mass is 386 g/mol. The van der Waals surface area contributed by atoms with Crippen LogP contribution in [0.4, 0.5) is 15.8 Å². The number of anilines is 2. The number of hydrogen-bond acceptors (Lipinski definition) is 4. The number of pyridine rings is 1. The average molecular weight is 386 g/mol. The van der Waals surface area contributed by atoms with Crippen LogP contribution in [-0.4, -0.2) is 18.1 Å². The van der Waals surface area contributed by atoms with Crippen molar-refractivity contribution in [1.82, 2.24) is 4.98 Å². The standard InChI is InChI=1S/C24H19FN2O2/c1-15-5-3-4-6-20(15)26-22-14-18-13-17(24(28)29-2)9-12-21(18)27-23(22)16-7-10-19(25)11-8-16/h3-14,26H,1-2H3. The summed E-state index contributed by atoms with van der Waals surface area (Å²) in [6.45, 7) is 2.02. The molecule has 1 aromatic heterocycles. The van der Waals surface area contributed by atoms with Crippen molar-refractivity contribution in [2.75, 3.05) is 12.4 Å². The molecule has 0 spiro atoms. The third-order valence-electron chi connectivity index (χ3n) is 4.77. The molecular weight excluding hydrogens is 367 g/mol. The van der Waals surface area contributed by atoms with Gasteiger partial charge in [0.25, 0.3) is 0 Å². The zero-order valence-corrected chi connectivity index (χ0v) is 16.1. The van der Waals surface area contributed by atoms with E-state index in [4.69, 9.17) is 9.72 Å². The summed E-state index contributed by atoms with van der Waals surface area (Å²) in [5.74, 6) is -0.700. The minimum absolute atomic E-state index is 0.300.